The second-order valence-electron chi connectivity index (χ2n) is 4.20. The number of hydrogen-bond acceptors (Lipinski definition) is 2. The minimum Gasteiger partial charge on any atom is -0.497 e. The van der Waals surface area contributed by atoms with Crippen LogP contribution in [0.25, 0.3) is 22.3 Å². The predicted octanol–water partition coefficient (Wildman–Crippen LogP) is 3.27. The molecule has 0 aliphatic rings. The molecule has 0 aromatic heterocycles. The van der Waals surface area contributed by atoms with Crippen LogP contribution in [-0.2, 0) is 0 Å². The first kappa shape index (κ1) is 10.8. The van der Waals surface area contributed by atoms with Crippen molar-refractivity contribution in [1.29, 1.82) is 0 Å². The molecule has 0 heterocycles. The van der Waals surface area contributed by atoms with Crippen molar-refractivity contribution >= 4 is 0 Å². The van der Waals surface area contributed by atoms with Crippen LogP contribution in [0.1, 0.15) is 0 Å². The second kappa shape index (κ2) is 4.15. The molecule has 3 rings (SSSR count). The molecule has 0 saturated heterocycles. The van der Waals surface area contributed by atoms with Crippen LogP contribution in [0.15, 0.2) is 59.4 Å². The molecule has 0 unspecified atom stereocenters. The van der Waals surface area contributed by atoms with Crippen LogP contribution < -0.4 is 10.2 Å². The number of ether oxygens (including phenoxy) is 1. The van der Waals surface area contributed by atoms with Crippen LogP contribution in [-0.4, -0.2) is 7.11 Å². The van der Waals surface area contributed by atoms with Gasteiger partial charge in [0.1, 0.15) is 5.75 Å². The maximum Gasteiger partial charge on any atom is 0.187 e. The summed E-state index contributed by atoms with van der Waals surface area (Å²) in [6.07, 6.45) is 0. The molecular weight excluding hydrogens is 224 g/mol. The minimum atomic E-state index is 0.135. The van der Waals surface area contributed by atoms with Crippen molar-refractivity contribution in [2.75, 3.05) is 7.11 Å². The van der Waals surface area contributed by atoms with Crippen molar-refractivity contribution in [3.05, 3.63) is 64.8 Å². The fourth-order valence-electron chi connectivity index (χ4n) is 2.05. The monoisotopic (exact) mass is 236 g/mol. The van der Waals surface area contributed by atoms with Gasteiger partial charge in [0.25, 0.3) is 0 Å². The highest BCUT2D eigenvalue weighted by Gasteiger charge is 2.15. The van der Waals surface area contributed by atoms with Gasteiger partial charge in [0.15, 0.2) is 5.43 Å². The van der Waals surface area contributed by atoms with Crippen LogP contribution >= 0.6 is 0 Å². The Morgan fingerprint density at radius 3 is 2.00 bits per heavy atom. The Morgan fingerprint density at radius 2 is 1.44 bits per heavy atom. The molecule has 0 aliphatic carbocycles. The average molecular weight is 236 g/mol. The summed E-state index contributed by atoms with van der Waals surface area (Å²) in [5.74, 6) is 0.831. The quantitative estimate of drug-likeness (QED) is 0.697. The third-order valence-corrected chi connectivity index (χ3v) is 3.08. The van der Waals surface area contributed by atoms with E-state index in [0.717, 1.165) is 28.0 Å². The van der Waals surface area contributed by atoms with Crippen LogP contribution in [0.2, 0.25) is 0 Å². The van der Waals surface area contributed by atoms with E-state index in [1.165, 1.54) is 0 Å². The van der Waals surface area contributed by atoms with Gasteiger partial charge < -0.3 is 4.74 Å². The Balaban J connectivity index is 2.08. The lowest BCUT2D eigenvalue weighted by atomic mass is 9.98. The van der Waals surface area contributed by atoms with Crippen LogP contribution in [0.4, 0.5) is 0 Å². The van der Waals surface area contributed by atoms with Gasteiger partial charge >= 0.3 is 0 Å². The number of hydrogen-bond donors (Lipinski definition) is 0. The van der Waals surface area contributed by atoms with Crippen molar-refractivity contribution in [2.45, 2.75) is 0 Å². The van der Waals surface area contributed by atoms with Gasteiger partial charge in [-0.3, -0.25) is 4.79 Å². The van der Waals surface area contributed by atoms with E-state index in [-0.39, 0.29) is 5.43 Å². The molecular formula is C16H12O2. The molecule has 2 nitrogen and oxygen atoms in total. The first-order valence-electron chi connectivity index (χ1n) is 5.79. The summed E-state index contributed by atoms with van der Waals surface area (Å²) < 4.78 is 5.15. The van der Waals surface area contributed by atoms with E-state index < -0.39 is 0 Å². The molecule has 0 bridgehead atoms. The van der Waals surface area contributed by atoms with Crippen molar-refractivity contribution in [3.8, 4) is 28.0 Å². The molecule has 3 aromatic carbocycles. The van der Waals surface area contributed by atoms with E-state index in [0.29, 0.717) is 0 Å². The molecule has 18 heavy (non-hydrogen) atoms. The smallest absolute Gasteiger partial charge is 0.187 e. The fraction of sp³-hybridized carbons (Fsp3) is 0.0625. The van der Waals surface area contributed by atoms with E-state index in [1.807, 2.05) is 48.5 Å². The van der Waals surface area contributed by atoms with E-state index in [1.54, 1.807) is 13.2 Å². The van der Waals surface area contributed by atoms with Gasteiger partial charge in [-0.1, -0.05) is 36.4 Å². The summed E-state index contributed by atoms with van der Waals surface area (Å²) in [6, 6.07) is 17.5. The Bertz CT molecular complexity index is 686. The average Bonchev–Trinajstić information content (AvgIpc) is 3.16. The Labute approximate surface area is 105 Å². The first-order valence-corrected chi connectivity index (χ1v) is 5.79. The van der Waals surface area contributed by atoms with Crippen molar-refractivity contribution in [3.63, 3.8) is 0 Å². The Hall–Kier alpha value is -2.35. The summed E-state index contributed by atoms with van der Waals surface area (Å²) in [6.45, 7) is 0. The van der Waals surface area contributed by atoms with Crippen molar-refractivity contribution in [1.82, 2.24) is 0 Å². The highest BCUT2D eigenvalue weighted by Crippen LogP contribution is 2.32. The zero-order valence-corrected chi connectivity index (χ0v) is 10.0. The summed E-state index contributed by atoms with van der Waals surface area (Å²) in [7, 11) is 1.65. The van der Waals surface area contributed by atoms with Gasteiger partial charge in [0.05, 0.1) is 7.11 Å². The van der Waals surface area contributed by atoms with E-state index in [9.17, 15) is 4.79 Å². The largest absolute Gasteiger partial charge is 0.497 e. The lowest BCUT2D eigenvalue weighted by Crippen LogP contribution is -1.86. The van der Waals surface area contributed by atoms with Gasteiger partial charge in [0.2, 0.25) is 0 Å². The maximum absolute atomic E-state index is 11.3. The molecule has 0 N–H and O–H groups in total. The molecule has 2 heteroatoms. The molecule has 0 spiro atoms. The lowest BCUT2D eigenvalue weighted by Gasteiger charge is -2.07. The molecule has 0 fully saturated rings. The first-order chi connectivity index (χ1) is 8.79. The summed E-state index contributed by atoms with van der Waals surface area (Å²) in [5, 5.41) is 0. The standard InChI is InChI=1S/C16H12O2/c1-18-12-8-6-11(7-9-12)13-4-2-3-5-14(13)15-10-16(15)17/h2-10H,1H3. The van der Waals surface area contributed by atoms with Crippen molar-refractivity contribution in [2.24, 2.45) is 0 Å². The SMILES string of the molecule is COc1ccc(-c2ccccc2-c2cc2=O)cc1. The van der Waals surface area contributed by atoms with Gasteiger partial charge in [-0.05, 0) is 34.9 Å². The summed E-state index contributed by atoms with van der Waals surface area (Å²) in [5.41, 5.74) is 4.13. The Morgan fingerprint density at radius 1 is 0.833 bits per heavy atom. The fourth-order valence-corrected chi connectivity index (χ4v) is 2.05. The molecule has 0 saturated carbocycles. The normalized spacial score (nSPS) is 10.7. The predicted molar refractivity (Wildman–Crippen MR) is 72.5 cm³/mol. The van der Waals surface area contributed by atoms with E-state index >= 15 is 0 Å². The van der Waals surface area contributed by atoms with Gasteiger partial charge in [-0.15, -0.1) is 0 Å². The summed E-state index contributed by atoms with van der Waals surface area (Å²) in [4.78, 5) is 11.3. The molecule has 88 valence electrons. The third kappa shape index (κ3) is 1.82. The molecule has 0 radical (unpaired) electrons. The third-order valence-electron chi connectivity index (χ3n) is 3.08. The van der Waals surface area contributed by atoms with Gasteiger partial charge in [0, 0.05) is 5.56 Å². The maximum atomic E-state index is 11.3. The highest BCUT2D eigenvalue weighted by atomic mass is 16.5. The molecule has 0 atom stereocenters. The van der Waals surface area contributed by atoms with Crippen LogP contribution in [0, 0.1) is 0 Å². The lowest BCUT2D eigenvalue weighted by molar-refractivity contribution is 0.415. The summed E-state index contributed by atoms with van der Waals surface area (Å²) >= 11 is 0. The second-order valence-corrected chi connectivity index (χ2v) is 4.20. The zero-order chi connectivity index (χ0) is 12.5. The van der Waals surface area contributed by atoms with E-state index in [2.05, 4.69) is 0 Å². The van der Waals surface area contributed by atoms with Gasteiger partial charge in [-0.2, -0.15) is 0 Å². The van der Waals surface area contributed by atoms with Crippen molar-refractivity contribution < 1.29 is 4.74 Å². The number of benzene rings is 2. The number of methoxy groups -OCH3 is 1. The topological polar surface area (TPSA) is 26.3 Å². The Kier molecular flexibility index (Phi) is 2.49. The van der Waals surface area contributed by atoms with Crippen LogP contribution in [0.3, 0.4) is 0 Å². The highest BCUT2D eigenvalue weighted by molar-refractivity contribution is 5.86. The molecule has 3 aromatic rings. The van der Waals surface area contributed by atoms with Crippen LogP contribution in [0.5, 0.6) is 5.75 Å². The van der Waals surface area contributed by atoms with Gasteiger partial charge in [-0.25, -0.2) is 0 Å². The molecule has 0 aliphatic heterocycles. The minimum absolute atomic E-state index is 0.135. The van der Waals surface area contributed by atoms with E-state index in [4.69, 9.17) is 4.74 Å². The zero-order valence-electron chi connectivity index (χ0n) is 10.0. The molecule has 0 amide bonds. The number of rotatable bonds is 3.